The second kappa shape index (κ2) is 5.21. The summed E-state index contributed by atoms with van der Waals surface area (Å²) in [6, 6.07) is 11.0. The van der Waals surface area contributed by atoms with E-state index in [1.807, 2.05) is 19.9 Å². The lowest BCUT2D eigenvalue weighted by atomic mass is 9.92. The van der Waals surface area contributed by atoms with E-state index in [9.17, 15) is 14.3 Å². The molecule has 0 aromatic heterocycles. The molecule has 4 nitrogen and oxygen atoms in total. The number of phenols is 1. The maximum absolute atomic E-state index is 13.4. The summed E-state index contributed by atoms with van der Waals surface area (Å²) in [6.07, 6.45) is 1.83. The van der Waals surface area contributed by atoms with E-state index in [4.69, 9.17) is 4.74 Å². The van der Waals surface area contributed by atoms with Gasteiger partial charge >= 0.3 is 0 Å². The van der Waals surface area contributed by atoms with E-state index < -0.39 is 11.4 Å². The smallest absolute Gasteiger partial charge is 0.260 e. The predicted octanol–water partition coefficient (Wildman–Crippen LogP) is 4.09. The zero-order valence-electron chi connectivity index (χ0n) is 13.8. The van der Waals surface area contributed by atoms with E-state index in [2.05, 4.69) is 5.32 Å². The van der Waals surface area contributed by atoms with Gasteiger partial charge in [0.1, 0.15) is 22.9 Å². The molecule has 2 aliphatic rings. The fourth-order valence-electron chi connectivity index (χ4n) is 3.25. The standard InChI is InChI=1S/C20H16FNO3/c1-20(2)15(11-3-6-13(23)7-4-11)10-17(25-20)18-14-8-5-12(21)9-16(14)22-19(18)24/h3-10,23H,1-2H3,(H,22,24). The Hall–Kier alpha value is -3.08. The van der Waals surface area contributed by atoms with Crippen molar-refractivity contribution >= 4 is 22.7 Å². The fraction of sp³-hybridized carbons (Fsp3) is 0.150. The molecule has 126 valence electrons. The minimum atomic E-state index is -0.637. The second-order valence-corrected chi connectivity index (χ2v) is 6.60. The first-order chi connectivity index (χ1) is 11.8. The minimum absolute atomic E-state index is 0.186. The molecule has 2 aromatic rings. The van der Waals surface area contributed by atoms with Crippen LogP contribution >= 0.6 is 0 Å². The summed E-state index contributed by atoms with van der Waals surface area (Å²) in [5.41, 5.74) is 2.63. The van der Waals surface area contributed by atoms with Gasteiger partial charge in [-0.1, -0.05) is 12.1 Å². The van der Waals surface area contributed by atoms with Crippen LogP contribution in [0.5, 0.6) is 5.75 Å². The number of benzene rings is 2. The highest BCUT2D eigenvalue weighted by molar-refractivity contribution is 6.32. The lowest BCUT2D eigenvalue weighted by Gasteiger charge is -2.23. The molecule has 2 heterocycles. The monoisotopic (exact) mass is 337 g/mol. The zero-order valence-corrected chi connectivity index (χ0v) is 13.8. The number of aromatic hydroxyl groups is 1. The summed E-state index contributed by atoms with van der Waals surface area (Å²) in [6.45, 7) is 3.83. The number of fused-ring (bicyclic) bond motifs is 1. The lowest BCUT2D eigenvalue weighted by Crippen LogP contribution is -2.21. The van der Waals surface area contributed by atoms with Crippen LogP contribution in [-0.2, 0) is 9.53 Å². The Morgan fingerprint density at radius 3 is 2.56 bits per heavy atom. The maximum atomic E-state index is 13.4. The van der Waals surface area contributed by atoms with Gasteiger partial charge in [-0.2, -0.15) is 0 Å². The fourth-order valence-corrected chi connectivity index (χ4v) is 3.25. The van der Waals surface area contributed by atoms with Crippen molar-refractivity contribution < 1.29 is 19.0 Å². The highest BCUT2D eigenvalue weighted by Crippen LogP contribution is 2.44. The molecule has 1 amide bonds. The van der Waals surface area contributed by atoms with Crippen LogP contribution in [0.2, 0.25) is 0 Å². The first-order valence-electron chi connectivity index (χ1n) is 7.91. The molecular weight excluding hydrogens is 321 g/mol. The number of allylic oxidation sites excluding steroid dienone is 1. The summed E-state index contributed by atoms with van der Waals surface area (Å²) < 4.78 is 19.5. The van der Waals surface area contributed by atoms with Crippen LogP contribution in [0.25, 0.3) is 11.1 Å². The van der Waals surface area contributed by atoms with E-state index >= 15 is 0 Å². The number of phenolic OH excluding ortho intramolecular Hbond substituents is 1. The van der Waals surface area contributed by atoms with Gasteiger partial charge in [0, 0.05) is 11.1 Å². The van der Waals surface area contributed by atoms with Crippen LogP contribution in [0.3, 0.4) is 0 Å². The summed E-state index contributed by atoms with van der Waals surface area (Å²) in [4.78, 5) is 12.4. The Bertz CT molecular complexity index is 955. The third-order valence-corrected chi connectivity index (χ3v) is 4.44. The van der Waals surface area contributed by atoms with E-state index in [1.54, 1.807) is 30.3 Å². The van der Waals surface area contributed by atoms with Crippen LogP contribution in [0.15, 0.2) is 54.3 Å². The highest BCUT2D eigenvalue weighted by atomic mass is 19.1. The topological polar surface area (TPSA) is 58.6 Å². The maximum Gasteiger partial charge on any atom is 0.260 e. The van der Waals surface area contributed by atoms with Gasteiger partial charge in [0.25, 0.3) is 5.91 Å². The van der Waals surface area contributed by atoms with Crippen molar-refractivity contribution in [1.82, 2.24) is 0 Å². The van der Waals surface area contributed by atoms with Crippen molar-refractivity contribution in [2.75, 3.05) is 5.32 Å². The molecule has 2 N–H and O–H groups in total. The molecule has 0 saturated carbocycles. The van der Waals surface area contributed by atoms with Crippen LogP contribution in [0.4, 0.5) is 10.1 Å². The first-order valence-corrected chi connectivity index (χ1v) is 7.91. The molecule has 0 saturated heterocycles. The molecule has 2 aliphatic heterocycles. The van der Waals surface area contributed by atoms with Crippen molar-refractivity contribution in [3.05, 3.63) is 71.2 Å². The summed E-state index contributed by atoms with van der Waals surface area (Å²) in [5.74, 6) is -0.0744. The number of nitrogens with one attached hydrogen (secondary N) is 1. The SMILES string of the molecule is CC1(C)OC(=C2C(=O)Nc3cc(F)ccc32)C=C1c1ccc(O)cc1. The molecular formula is C20H16FNO3. The molecule has 0 unspecified atom stereocenters. The number of anilines is 1. The first kappa shape index (κ1) is 15.4. The van der Waals surface area contributed by atoms with Crippen molar-refractivity contribution in [1.29, 1.82) is 0 Å². The number of carbonyl (C=O) groups is 1. The van der Waals surface area contributed by atoms with Crippen molar-refractivity contribution in [2.45, 2.75) is 19.4 Å². The molecule has 2 aromatic carbocycles. The Balaban J connectivity index is 1.86. The molecule has 25 heavy (non-hydrogen) atoms. The number of hydrogen-bond acceptors (Lipinski definition) is 3. The number of hydrogen-bond donors (Lipinski definition) is 2. The van der Waals surface area contributed by atoms with Crippen LogP contribution < -0.4 is 5.32 Å². The number of halogens is 1. The lowest BCUT2D eigenvalue weighted by molar-refractivity contribution is -0.111. The van der Waals surface area contributed by atoms with Gasteiger partial charge in [-0.3, -0.25) is 4.79 Å². The number of rotatable bonds is 1. The third-order valence-electron chi connectivity index (χ3n) is 4.44. The zero-order chi connectivity index (χ0) is 17.8. The molecule has 0 radical (unpaired) electrons. The Morgan fingerprint density at radius 1 is 1.12 bits per heavy atom. The van der Waals surface area contributed by atoms with Crippen molar-refractivity contribution in [3.63, 3.8) is 0 Å². The van der Waals surface area contributed by atoms with Gasteiger partial charge in [-0.25, -0.2) is 4.39 Å². The molecule has 0 spiro atoms. The minimum Gasteiger partial charge on any atom is -0.508 e. The van der Waals surface area contributed by atoms with Crippen molar-refractivity contribution in [3.8, 4) is 5.75 Å². The summed E-state index contributed by atoms with van der Waals surface area (Å²) in [5, 5.41) is 12.2. The molecule has 0 fully saturated rings. The Morgan fingerprint density at radius 2 is 1.84 bits per heavy atom. The quantitative estimate of drug-likeness (QED) is 0.771. The van der Waals surface area contributed by atoms with Gasteiger partial charge in [0.2, 0.25) is 0 Å². The Kier molecular flexibility index (Phi) is 3.22. The summed E-state index contributed by atoms with van der Waals surface area (Å²) >= 11 is 0. The van der Waals surface area contributed by atoms with E-state index in [0.717, 1.165) is 11.1 Å². The predicted molar refractivity (Wildman–Crippen MR) is 93.2 cm³/mol. The van der Waals surface area contributed by atoms with E-state index in [-0.39, 0.29) is 11.7 Å². The average Bonchev–Trinajstić information content (AvgIpc) is 3.03. The molecule has 0 bridgehead atoms. The highest BCUT2D eigenvalue weighted by Gasteiger charge is 2.37. The summed E-state index contributed by atoms with van der Waals surface area (Å²) in [7, 11) is 0. The number of carbonyl (C=O) groups excluding carboxylic acids is 1. The van der Waals surface area contributed by atoms with Crippen LogP contribution in [-0.4, -0.2) is 16.6 Å². The third kappa shape index (κ3) is 2.48. The largest absolute Gasteiger partial charge is 0.508 e. The van der Waals surface area contributed by atoms with E-state index in [0.29, 0.717) is 22.6 Å². The van der Waals surface area contributed by atoms with Gasteiger partial charge in [-0.15, -0.1) is 0 Å². The molecule has 0 atom stereocenters. The van der Waals surface area contributed by atoms with Crippen LogP contribution in [0, 0.1) is 5.82 Å². The second-order valence-electron chi connectivity index (χ2n) is 6.60. The molecule has 5 heteroatoms. The molecule has 4 rings (SSSR count). The Labute approximate surface area is 144 Å². The van der Waals surface area contributed by atoms with E-state index in [1.165, 1.54) is 12.1 Å². The molecule has 0 aliphatic carbocycles. The van der Waals surface area contributed by atoms with Gasteiger partial charge in [0.15, 0.2) is 0 Å². The van der Waals surface area contributed by atoms with Crippen LogP contribution in [0.1, 0.15) is 25.0 Å². The number of ether oxygens (including phenoxy) is 1. The van der Waals surface area contributed by atoms with Gasteiger partial charge in [-0.05, 0) is 55.8 Å². The van der Waals surface area contributed by atoms with Gasteiger partial charge in [0.05, 0.1) is 11.3 Å². The number of amides is 1. The average molecular weight is 337 g/mol. The van der Waals surface area contributed by atoms with Crippen molar-refractivity contribution in [2.24, 2.45) is 0 Å². The van der Waals surface area contributed by atoms with Gasteiger partial charge < -0.3 is 15.2 Å². The normalized spacial score (nSPS) is 20.8.